The minimum atomic E-state index is -0.919. The van der Waals surface area contributed by atoms with E-state index in [2.05, 4.69) is 20.8 Å². The normalized spacial score (nSPS) is 17.4. The van der Waals surface area contributed by atoms with Crippen LogP contribution < -0.4 is 4.74 Å². The zero-order valence-corrected chi connectivity index (χ0v) is 19.0. The molecule has 5 heteroatoms. The third-order valence-corrected chi connectivity index (χ3v) is 6.28. The maximum atomic E-state index is 12.4. The summed E-state index contributed by atoms with van der Waals surface area (Å²) in [4.78, 5) is 17.3. The van der Waals surface area contributed by atoms with Gasteiger partial charge in [-0.2, -0.15) is 0 Å². The predicted octanol–water partition coefficient (Wildman–Crippen LogP) is 6.19. The number of para-hydroxylation sites is 1. The van der Waals surface area contributed by atoms with E-state index >= 15 is 0 Å². The number of hydrogen-bond donors (Lipinski definition) is 2. The number of fused-ring (bicyclic) bond motifs is 2. The number of aromatic hydroxyl groups is 1. The van der Waals surface area contributed by atoms with Crippen LogP contribution in [0.1, 0.15) is 61.3 Å². The van der Waals surface area contributed by atoms with Crippen molar-refractivity contribution in [1.82, 2.24) is 4.98 Å². The molecule has 1 aliphatic rings. The summed E-state index contributed by atoms with van der Waals surface area (Å²) >= 11 is 0. The third kappa shape index (κ3) is 4.07. The number of benzene rings is 2. The molecule has 166 valence electrons. The number of carboxylic acids is 1. The lowest BCUT2D eigenvalue weighted by atomic mass is 9.69. The van der Waals surface area contributed by atoms with Crippen molar-refractivity contribution in [2.24, 2.45) is 11.3 Å². The second-order valence-electron chi connectivity index (χ2n) is 9.44. The molecule has 0 saturated heterocycles. The Morgan fingerprint density at radius 1 is 1.19 bits per heavy atom. The van der Waals surface area contributed by atoms with Crippen LogP contribution >= 0.6 is 0 Å². The number of carboxylic acid groups (broad SMARTS) is 1. The van der Waals surface area contributed by atoms with E-state index < -0.39 is 5.97 Å². The Morgan fingerprint density at radius 3 is 2.62 bits per heavy atom. The van der Waals surface area contributed by atoms with Crippen LogP contribution in [0.25, 0.3) is 22.6 Å². The molecular formula is C27H29NO4. The van der Waals surface area contributed by atoms with E-state index in [-0.39, 0.29) is 17.1 Å². The van der Waals surface area contributed by atoms with Gasteiger partial charge in [-0.05, 0) is 72.1 Å². The molecule has 0 amide bonds. The lowest BCUT2D eigenvalue weighted by Gasteiger charge is -2.36. The molecule has 0 fully saturated rings. The van der Waals surface area contributed by atoms with Crippen LogP contribution in [0.4, 0.5) is 0 Å². The number of aromatic carboxylic acids is 1. The highest BCUT2D eigenvalue weighted by Gasteiger charge is 2.35. The van der Waals surface area contributed by atoms with Crippen molar-refractivity contribution in [3.8, 4) is 11.5 Å². The average molecular weight is 432 g/mol. The molecular weight excluding hydrogens is 402 g/mol. The van der Waals surface area contributed by atoms with E-state index in [1.54, 1.807) is 6.07 Å². The molecule has 1 aromatic heterocycles. The molecule has 1 atom stereocenters. The van der Waals surface area contributed by atoms with Crippen molar-refractivity contribution in [3.63, 3.8) is 0 Å². The van der Waals surface area contributed by atoms with Gasteiger partial charge in [-0.15, -0.1) is 0 Å². The van der Waals surface area contributed by atoms with Crippen LogP contribution in [-0.2, 0) is 6.42 Å². The molecule has 1 unspecified atom stereocenters. The zero-order valence-electron chi connectivity index (χ0n) is 19.0. The maximum absolute atomic E-state index is 12.4. The van der Waals surface area contributed by atoms with Gasteiger partial charge in [-0.1, -0.05) is 45.0 Å². The lowest BCUT2D eigenvalue weighted by Crippen LogP contribution is -2.28. The highest BCUT2D eigenvalue weighted by Crippen LogP contribution is 2.45. The summed E-state index contributed by atoms with van der Waals surface area (Å²) in [5.41, 5.74) is 4.49. The van der Waals surface area contributed by atoms with E-state index in [1.165, 1.54) is 0 Å². The van der Waals surface area contributed by atoms with E-state index in [9.17, 15) is 15.0 Å². The maximum Gasteiger partial charge on any atom is 0.336 e. The minimum absolute atomic E-state index is 0.00361. The van der Waals surface area contributed by atoms with Crippen molar-refractivity contribution in [2.75, 3.05) is 6.61 Å². The van der Waals surface area contributed by atoms with E-state index in [4.69, 9.17) is 9.72 Å². The summed E-state index contributed by atoms with van der Waals surface area (Å²) in [5, 5.41) is 20.9. The Kier molecular flexibility index (Phi) is 5.68. The number of pyridine rings is 1. The number of ether oxygens (including phenoxy) is 1. The summed E-state index contributed by atoms with van der Waals surface area (Å²) in [6.45, 7) is 8.92. The van der Waals surface area contributed by atoms with Crippen LogP contribution in [0.3, 0.4) is 0 Å². The number of rotatable bonds is 4. The summed E-state index contributed by atoms with van der Waals surface area (Å²) in [5.74, 6) is -0.117. The molecule has 0 bridgehead atoms. The van der Waals surface area contributed by atoms with Gasteiger partial charge in [0.25, 0.3) is 0 Å². The van der Waals surface area contributed by atoms with Gasteiger partial charge in [0.05, 0.1) is 23.4 Å². The quantitative estimate of drug-likeness (QED) is 0.515. The summed E-state index contributed by atoms with van der Waals surface area (Å²) in [6.07, 6.45) is 3.52. The lowest BCUT2D eigenvalue weighted by molar-refractivity contribution is 0.0696. The fourth-order valence-corrected chi connectivity index (χ4v) is 4.47. The fourth-order valence-electron chi connectivity index (χ4n) is 4.47. The highest BCUT2D eigenvalue weighted by molar-refractivity contribution is 6.06. The second kappa shape index (κ2) is 8.30. The third-order valence-electron chi connectivity index (χ3n) is 6.28. The molecule has 0 saturated carbocycles. The molecule has 0 spiro atoms. The van der Waals surface area contributed by atoms with E-state index in [0.717, 1.165) is 28.8 Å². The van der Waals surface area contributed by atoms with Gasteiger partial charge in [0.15, 0.2) is 11.5 Å². The van der Waals surface area contributed by atoms with Gasteiger partial charge in [-0.3, -0.25) is 0 Å². The summed E-state index contributed by atoms with van der Waals surface area (Å²) in [6, 6.07) is 12.7. The van der Waals surface area contributed by atoms with Crippen molar-refractivity contribution in [2.45, 2.75) is 40.5 Å². The Bertz CT molecular complexity index is 1220. The minimum Gasteiger partial charge on any atom is -0.504 e. The highest BCUT2D eigenvalue weighted by atomic mass is 16.5. The number of aromatic nitrogens is 1. The van der Waals surface area contributed by atoms with Crippen molar-refractivity contribution >= 4 is 28.5 Å². The summed E-state index contributed by atoms with van der Waals surface area (Å²) < 4.78 is 5.55. The van der Waals surface area contributed by atoms with Crippen LogP contribution in [0, 0.1) is 11.3 Å². The molecule has 1 heterocycles. The molecule has 1 aliphatic carbocycles. The predicted molar refractivity (Wildman–Crippen MR) is 127 cm³/mol. The molecule has 2 aromatic carbocycles. The Hall–Kier alpha value is -3.34. The number of allylic oxidation sites excluding steroid dienone is 1. The SMILES string of the molecule is CCOc1cc(/C=C2\CC(C(C)(C)C)Cc3c2nc2ccccc2c3C(=O)O)ccc1O. The van der Waals surface area contributed by atoms with Gasteiger partial charge in [-0.25, -0.2) is 9.78 Å². The Balaban J connectivity index is 1.96. The number of phenolic OH excluding ortho intramolecular Hbond substituents is 1. The van der Waals surface area contributed by atoms with E-state index in [1.807, 2.05) is 49.4 Å². The fraction of sp³-hybridized carbons (Fsp3) is 0.333. The second-order valence-corrected chi connectivity index (χ2v) is 9.44. The Labute approximate surface area is 188 Å². The topological polar surface area (TPSA) is 79.7 Å². The van der Waals surface area contributed by atoms with Crippen LogP contribution in [0.2, 0.25) is 0 Å². The first-order valence-corrected chi connectivity index (χ1v) is 11.0. The van der Waals surface area contributed by atoms with Crippen LogP contribution in [-0.4, -0.2) is 27.8 Å². The van der Waals surface area contributed by atoms with Gasteiger partial charge in [0, 0.05) is 5.39 Å². The smallest absolute Gasteiger partial charge is 0.336 e. The molecule has 4 rings (SSSR count). The first-order chi connectivity index (χ1) is 15.2. The number of carbonyl (C=O) groups is 1. The van der Waals surface area contributed by atoms with Gasteiger partial charge in [0.1, 0.15) is 0 Å². The molecule has 2 N–H and O–H groups in total. The van der Waals surface area contributed by atoms with E-state index in [0.29, 0.717) is 35.2 Å². The number of hydrogen-bond acceptors (Lipinski definition) is 4. The molecule has 0 aliphatic heterocycles. The van der Waals surface area contributed by atoms with Crippen LogP contribution in [0.5, 0.6) is 11.5 Å². The standard InChI is InChI=1S/C27H29NO4/c1-5-32-23-13-16(10-11-22(23)29)12-17-14-18(27(2,3)4)15-20-24(26(30)31)19-8-6-7-9-21(19)28-25(17)20/h6-13,18,29H,5,14-15H2,1-4H3,(H,30,31)/b17-12+. The van der Waals surface area contributed by atoms with Gasteiger partial charge < -0.3 is 14.9 Å². The van der Waals surface area contributed by atoms with Gasteiger partial charge in [0.2, 0.25) is 0 Å². The zero-order chi connectivity index (χ0) is 23.0. The molecule has 5 nitrogen and oxygen atoms in total. The van der Waals surface area contributed by atoms with Crippen molar-refractivity contribution in [1.29, 1.82) is 0 Å². The number of phenols is 1. The largest absolute Gasteiger partial charge is 0.504 e. The average Bonchev–Trinajstić information content (AvgIpc) is 2.73. The first kappa shape index (κ1) is 21.9. The monoisotopic (exact) mass is 431 g/mol. The molecule has 0 radical (unpaired) electrons. The molecule has 32 heavy (non-hydrogen) atoms. The van der Waals surface area contributed by atoms with Crippen molar-refractivity contribution < 1.29 is 19.7 Å². The van der Waals surface area contributed by atoms with Crippen LogP contribution in [0.15, 0.2) is 42.5 Å². The number of nitrogens with zero attached hydrogens (tertiary/aromatic N) is 1. The Morgan fingerprint density at radius 2 is 1.94 bits per heavy atom. The first-order valence-electron chi connectivity index (χ1n) is 11.0. The van der Waals surface area contributed by atoms with Gasteiger partial charge >= 0.3 is 5.97 Å². The van der Waals surface area contributed by atoms with Crippen molar-refractivity contribution in [3.05, 3.63) is 64.8 Å². The molecule has 3 aromatic rings. The summed E-state index contributed by atoms with van der Waals surface area (Å²) in [7, 11) is 0.